The van der Waals surface area contributed by atoms with Crippen molar-refractivity contribution in [2.24, 2.45) is 34.8 Å². The van der Waals surface area contributed by atoms with Crippen LogP contribution in [0.25, 0.3) is 0 Å². The summed E-state index contributed by atoms with van der Waals surface area (Å²) < 4.78 is 5.33. The Balaban J connectivity index is 1.30. The van der Waals surface area contributed by atoms with Crippen molar-refractivity contribution in [1.29, 1.82) is 0 Å². The second-order valence-electron chi connectivity index (χ2n) is 9.23. The zero-order valence-corrected chi connectivity index (χ0v) is 15.3. The summed E-state index contributed by atoms with van der Waals surface area (Å²) in [5.41, 5.74) is 6.27. The largest absolute Gasteiger partial charge is 0.468 e. The van der Waals surface area contributed by atoms with Crippen LogP contribution in [0.15, 0.2) is 16.7 Å². The van der Waals surface area contributed by atoms with Crippen LogP contribution in [0, 0.1) is 29.1 Å². The fraction of sp³-hybridized carbons (Fsp3) is 0.714. The third kappa shape index (κ3) is 2.43. The molecule has 0 unspecified atom stereocenters. The summed E-state index contributed by atoms with van der Waals surface area (Å²) in [4.78, 5) is 26.1. The van der Waals surface area contributed by atoms with Gasteiger partial charge in [-0.1, -0.05) is 0 Å². The van der Waals surface area contributed by atoms with Crippen LogP contribution in [0.1, 0.15) is 61.1 Å². The normalized spacial score (nSPS) is 34.4. The third-order valence-corrected chi connectivity index (χ3v) is 8.06. The van der Waals surface area contributed by atoms with Crippen LogP contribution in [0.2, 0.25) is 0 Å². The van der Waals surface area contributed by atoms with Crippen LogP contribution in [-0.2, 0) is 11.2 Å². The number of rotatable bonds is 3. The number of likely N-dealkylation sites (tertiary alicyclic amines) is 1. The lowest BCUT2D eigenvalue weighted by molar-refractivity contribution is -0.132. The van der Waals surface area contributed by atoms with Crippen molar-refractivity contribution in [3.8, 4) is 0 Å². The van der Waals surface area contributed by atoms with Gasteiger partial charge in [0.15, 0.2) is 0 Å². The SMILES string of the molecule is NC(=O)Cc1occc1C(=O)N1CCC2(CC1)C1CC3CC(C1)CC2C3. The van der Waals surface area contributed by atoms with E-state index in [2.05, 4.69) is 0 Å². The summed E-state index contributed by atoms with van der Waals surface area (Å²) in [5.74, 6) is 3.70. The second-order valence-corrected chi connectivity index (χ2v) is 9.23. The van der Waals surface area contributed by atoms with Gasteiger partial charge in [-0.05, 0) is 80.1 Å². The number of furan rings is 1. The highest BCUT2D eigenvalue weighted by molar-refractivity contribution is 5.96. The number of carbonyl (C=O) groups is 2. The minimum atomic E-state index is -0.472. The van der Waals surface area contributed by atoms with Crippen molar-refractivity contribution in [3.05, 3.63) is 23.7 Å². The molecule has 0 aromatic carbocycles. The van der Waals surface area contributed by atoms with Crippen molar-refractivity contribution >= 4 is 11.8 Å². The van der Waals surface area contributed by atoms with E-state index in [1.54, 1.807) is 6.07 Å². The highest BCUT2D eigenvalue weighted by Crippen LogP contribution is 2.65. The zero-order valence-electron chi connectivity index (χ0n) is 15.3. The Morgan fingerprint density at radius 2 is 1.69 bits per heavy atom. The first-order valence-corrected chi connectivity index (χ1v) is 10.2. The Morgan fingerprint density at radius 3 is 2.27 bits per heavy atom. The van der Waals surface area contributed by atoms with E-state index in [1.807, 2.05) is 4.90 Å². The van der Waals surface area contributed by atoms with Gasteiger partial charge in [-0.3, -0.25) is 9.59 Å². The fourth-order valence-electron chi connectivity index (χ4n) is 7.06. The minimum absolute atomic E-state index is 0.00586. The molecule has 5 aliphatic rings. The van der Waals surface area contributed by atoms with Gasteiger partial charge in [0, 0.05) is 13.1 Å². The number of primary amides is 1. The van der Waals surface area contributed by atoms with Crippen molar-refractivity contribution in [3.63, 3.8) is 0 Å². The quantitative estimate of drug-likeness (QED) is 0.904. The standard InChI is InChI=1S/C21H28N2O3/c22-19(24)12-18-17(1-6-26-18)20(25)23-4-2-21(3-5-23)15-8-13-7-14(10-15)11-16(21)9-13/h1,6,13-16H,2-5,7-12H2,(H2,22,24). The third-order valence-electron chi connectivity index (χ3n) is 8.06. The van der Waals surface area contributed by atoms with Gasteiger partial charge in [-0.25, -0.2) is 0 Å². The number of carbonyl (C=O) groups excluding carboxylic acids is 2. The van der Waals surface area contributed by atoms with E-state index in [-0.39, 0.29) is 12.3 Å². The van der Waals surface area contributed by atoms with Crippen LogP contribution in [-0.4, -0.2) is 29.8 Å². The highest BCUT2D eigenvalue weighted by Gasteiger charge is 2.57. The van der Waals surface area contributed by atoms with E-state index in [1.165, 1.54) is 38.4 Å². The zero-order chi connectivity index (χ0) is 17.9. The molecule has 6 rings (SSSR count). The lowest BCUT2D eigenvalue weighted by atomic mass is 9.43. The number of hydrogen-bond donors (Lipinski definition) is 1. The topological polar surface area (TPSA) is 76.5 Å². The molecular weight excluding hydrogens is 328 g/mol. The molecule has 5 nitrogen and oxygen atoms in total. The number of amides is 2. The van der Waals surface area contributed by atoms with Gasteiger partial charge in [0.2, 0.25) is 5.91 Å². The Hall–Kier alpha value is -1.78. The molecule has 1 aromatic heterocycles. The maximum absolute atomic E-state index is 13.0. The molecule has 5 fully saturated rings. The van der Waals surface area contributed by atoms with Crippen LogP contribution in [0.3, 0.4) is 0 Å². The van der Waals surface area contributed by atoms with E-state index < -0.39 is 5.91 Å². The number of piperidine rings is 1. The van der Waals surface area contributed by atoms with E-state index in [0.29, 0.717) is 16.7 Å². The minimum Gasteiger partial charge on any atom is -0.468 e. The maximum Gasteiger partial charge on any atom is 0.257 e. The molecule has 4 saturated carbocycles. The smallest absolute Gasteiger partial charge is 0.257 e. The molecule has 2 amide bonds. The lowest BCUT2D eigenvalue weighted by Crippen LogP contribution is -2.57. The lowest BCUT2D eigenvalue weighted by Gasteiger charge is -2.63. The summed E-state index contributed by atoms with van der Waals surface area (Å²) in [6.45, 7) is 1.67. The molecule has 5 heteroatoms. The molecule has 1 saturated heterocycles. The van der Waals surface area contributed by atoms with Crippen LogP contribution in [0.5, 0.6) is 0 Å². The van der Waals surface area contributed by atoms with Gasteiger partial charge in [0.25, 0.3) is 5.91 Å². The van der Waals surface area contributed by atoms with E-state index in [0.717, 1.165) is 49.6 Å². The Labute approximate surface area is 154 Å². The molecule has 26 heavy (non-hydrogen) atoms. The van der Waals surface area contributed by atoms with Gasteiger partial charge in [0.05, 0.1) is 18.2 Å². The van der Waals surface area contributed by atoms with Crippen molar-refractivity contribution < 1.29 is 14.0 Å². The maximum atomic E-state index is 13.0. The number of nitrogens with zero attached hydrogens (tertiary/aromatic N) is 1. The molecule has 2 N–H and O–H groups in total. The predicted molar refractivity (Wildman–Crippen MR) is 96.2 cm³/mol. The molecule has 2 heterocycles. The van der Waals surface area contributed by atoms with Gasteiger partial charge in [-0.2, -0.15) is 0 Å². The van der Waals surface area contributed by atoms with Crippen LogP contribution >= 0.6 is 0 Å². The Morgan fingerprint density at radius 1 is 1.08 bits per heavy atom. The van der Waals surface area contributed by atoms with Gasteiger partial charge < -0.3 is 15.1 Å². The monoisotopic (exact) mass is 356 g/mol. The Kier molecular flexibility index (Phi) is 3.70. The molecule has 0 radical (unpaired) electrons. The van der Waals surface area contributed by atoms with Gasteiger partial charge in [-0.15, -0.1) is 0 Å². The molecule has 4 bridgehead atoms. The number of nitrogens with two attached hydrogens (primary N) is 1. The molecule has 1 spiro atoms. The average molecular weight is 356 g/mol. The van der Waals surface area contributed by atoms with E-state index in [9.17, 15) is 9.59 Å². The summed E-state index contributed by atoms with van der Waals surface area (Å²) >= 11 is 0. The summed E-state index contributed by atoms with van der Waals surface area (Å²) in [5, 5.41) is 0. The summed E-state index contributed by atoms with van der Waals surface area (Å²) in [6.07, 6.45) is 11.0. The van der Waals surface area contributed by atoms with Crippen LogP contribution in [0.4, 0.5) is 0 Å². The number of hydrogen-bond acceptors (Lipinski definition) is 3. The average Bonchev–Trinajstić information content (AvgIpc) is 3.06. The Bertz CT molecular complexity index is 699. The highest BCUT2D eigenvalue weighted by atomic mass is 16.3. The first kappa shape index (κ1) is 16.4. The van der Waals surface area contributed by atoms with E-state index in [4.69, 9.17) is 10.2 Å². The first-order valence-electron chi connectivity index (χ1n) is 10.2. The van der Waals surface area contributed by atoms with Crippen molar-refractivity contribution in [1.82, 2.24) is 4.90 Å². The van der Waals surface area contributed by atoms with Gasteiger partial charge >= 0.3 is 0 Å². The summed E-state index contributed by atoms with van der Waals surface area (Å²) in [6, 6.07) is 1.67. The fourth-order valence-corrected chi connectivity index (χ4v) is 7.06. The second kappa shape index (κ2) is 5.86. The summed E-state index contributed by atoms with van der Waals surface area (Å²) in [7, 11) is 0. The molecular formula is C21H28N2O3. The molecule has 1 aromatic rings. The first-order chi connectivity index (χ1) is 12.5. The van der Waals surface area contributed by atoms with Gasteiger partial charge in [0.1, 0.15) is 5.76 Å². The van der Waals surface area contributed by atoms with Crippen molar-refractivity contribution in [2.75, 3.05) is 13.1 Å². The van der Waals surface area contributed by atoms with E-state index >= 15 is 0 Å². The predicted octanol–water partition coefficient (Wildman–Crippen LogP) is 2.99. The molecule has 4 aliphatic carbocycles. The van der Waals surface area contributed by atoms with Crippen molar-refractivity contribution in [2.45, 2.75) is 51.4 Å². The molecule has 1 aliphatic heterocycles. The molecule has 0 atom stereocenters. The molecule has 140 valence electrons. The van der Waals surface area contributed by atoms with Crippen LogP contribution < -0.4 is 5.73 Å².